The van der Waals surface area contributed by atoms with Gasteiger partial charge in [0.25, 0.3) is 0 Å². The van der Waals surface area contributed by atoms with Crippen LogP contribution >= 0.6 is 0 Å². The van der Waals surface area contributed by atoms with Crippen molar-refractivity contribution in [3.05, 3.63) is 0 Å². The molecule has 1 aliphatic rings. The van der Waals surface area contributed by atoms with Gasteiger partial charge >= 0.3 is 0 Å². The minimum Gasteiger partial charge on any atom is -0.289 e. The molecule has 0 aromatic carbocycles. The lowest BCUT2D eigenvalue weighted by atomic mass is 10.1. The average Bonchev–Trinajstić information content (AvgIpc) is 2.11. The third-order valence-corrected chi connectivity index (χ3v) is 2.30. The summed E-state index contributed by atoms with van der Waals surface area (Å²) in [6, 6.07) is 0. The van der Waals surface area contributed by atoms with E-state index in [1.807, 2.05) is 0 Å². The molecule has 0 N–H and O–H groups in total. The number of nitrogens with zero attached hydrogens (tertiary/aromatic N) is 2. The predicted molar refractivity (Wildman–Crippen MR) is 43.9 cm³/mol. The maximum absolute atomic E-state index is 2.42. The van der Waals surface area contributed by atoms with Gasteiger partial charge in [-0.15, -0.1) is 0 Å². The molecular weight excluding hydrogens is 124 g/mol. The Hall–Kier alpha value is -0.0800. The highest BCUT2D eigenvalue weighted by Crippen LogP contribution is 2.17. The molecule has 0 aromatic heterocycles. The Morgan fingerprint density at radius 3 is 1.70 bits per heavy atom. The third-order valence-electron chi connectivity index (χ3n) is 2.30. The van der Waals surface area contributed by atoms with Gasteiger partial charge in [-0.05, 0) is 20.0 Å². The molecule has 10 heavy (non-hydrogen) atoms. The molecule has 0 saturated carbocycles. The van der Waals surface area contributed by atoms with E-state index in [0.29, 0.717) is 6.17 Å². The summed E-state index contributed by atoms with van der Waals surface area (Å²) in [7, 11) is 4.41. The van der Waals surface area contributed by atoms with E-state index < -0.39 is 0 Å². The molecule has 1 rings (SSSR count). The van der Waals surface area contributed by atoms with Crippen molar-refractivity contribution in [2.45, 2.75) is 20.0 Å². The molecule has 60 valence electrons. The van der Waals surface area contributed by atoms with E-state index in [9.17, 15) is 0 Å². The van der Waals surface area contributed by atoms with Crippen LogP contribution in [0.1, 0.15) is 13.8 Å². The third kappa shape index (κ3) is 1.32. The summed E-state index contributed by atoms with van der Waals surface area (Å²) in [6.07, 6.45) is 0.667. The Balaban J connectivity index is 2.54. The SMILES string of the molecule is CC(C)C1N(C)CCN1C. The van der Waals surface area contributed by atoms with Crippen LogP contribution in [0.15, 0.2) is 0 Å². The van der Waals surface area contributed by atoms with Gasteiger partial charge in [0.15, 0.2) is 0 Å². The Bertz CT molecular complexity index is 102. The number of rotatable bonds is 1. The van der Waals surface area contributed by atoms with Crippen molar-refractivity contribution in [3.63, 3.8) is 0 Å². The lowest BCUT2D eigenvalue weighted by Gasteiger charge is -2.28. The highest BCUT2D eigenvalue weighted by atomic mass is 15.4. The Kier molecular flexibility index (Phi) is 2.32. The van der Waals surface area contributed by atoms with Gasteiger partial charge in [-0.1, -0.05) is 13.8 Å². The molecule has 0 radical (unpaired) electrons. The zero-order valence-corrected chi connectivity index (χ0v) is 7.46. The van der Waals surface area contributed by atoms with Crippen LogP contribution in [0.5, 0.6) is 0 Å². The topological polar surface area (TPSA) is 6.48 Å². The van der Waals surface area contributed by atoms with E-state index in [1.165, 1.54) is 13.1 Å². The summed E-state index contributed by atoms with van der Waals surface area (Å²) in [5, 5.41) is 0. The first-order valence-electron chi connectivity index (χ1n) is 4.03. The van der Waals surface area contributed by atoms with Crippen LogP contribution in [-0.2, 0) is 0 Å². The molecule has 0 bridgehead atoms. The minimum atomic E-state index is 0.667. The lowest BCUT2D eigenvalue weighted by molar-refractivity contribution is 0.135. The van der Waals surface area contributed by atoms with Gasteiger partial charge in [-0.3, -0.25) is 9.80 Å². The summed E-state index contributed by atoms with van der Waals surface area (Å²) >= 11 is 0. The minimum absolute atomic E-state index is 0.667. The number of hydrogen-bond acceptors (Lipinski definition) is 2. The molecular formula is C8H18N2. The van der Waals surface area contributed by atoms with Crippen LogP contribution in [0.4, 0.5) is 0 Å². The van der Waals surface area contributed by atoms with Gasteiger partial charge < -0.3 is 0 Å². The molecule has 1 heterocycles. The van der Waals surface area contributed by atoms with Crippen LogP contribution in [0.2, 0.25) is 0 Å². The first-order valence-corrected chi connectivity index (χ1v) is 4.03. The van der Waals surface area contributed by atoms with E-state index in [4.69, 9.17) is 0 Å². The van der Waals surface area contributed by atoms with Crippen molar-refractivity contribution in [2.24, 2.45) is 5.92 Å². The molecule has 0 aliphatic carbocycles. The van der Waals surface area contributed by atoms with Crippen molar-refractivity contribution in [1.82, 2.24) is 9.80 Å². The summed E-state index contributed by atoms with van der Waals surface area (Å²) in [6.45, 7) is 7.00. The molecule has 0 amide bonds. The fraction of sp³-hybridized carbons (Fsp3) is 1.00. The Labute approximate surface area is 63.8 Å². The molecule has 0 spiro atoms. The van der Waals surface area contributed by atoms with Crippen LogP contribution in [0, 0.1) is 5.92 Å². The highest BCUT2D eigenvalue weighted by Gasteiger charge is 2.28. The van der Waals surface area contributed by atoms with E-state index in [2.05, 4.69) is 37.7 Å². The summed E-state index contributed by atoms with van der Waals surface area (Å²) in [5.74, 6) is 0.748. The molecule has 2 nitrogen and oxygen atoms in total. The number of hydrogen-bond donors (Lipinski definition) is 0. The van der Waals surface area contributed by atoms with Crippen molar-refractivity contribution < 1.29 is 0 Å². The quantitative estimate of drug-likeness (QED) is 0.535. The van der Waals surface area contributed by atoms with E-state index in [0.717, 1.165) is 5.92 Å². The van der Waals surface area contributed by atoms with Gasteiger partial charge in [0.2, 0.25) is 0 Å². The van der Waals surface area contributed by atoms with Crippen molar-refractivity contribution in [3.8, 4) is 0 Å². The van der Waals surface area contributed by atoms with Crippen molar-refractivity contribution in [1.29, 1.82) is 0 Å². The fourth-order valence-corrected chi connectivity index (χ4v) is 1.93. The van der Waals surface area contributed by atoms with Crippen molar-refractivity contribution >= 4 is 0 Å². The predicted octanol–water partition coefficient (Wildman–Crippen LogP) is 0.846. The van der Waals surface area contributed by atoms with E-state index in [1.54, 1.807) is 0 Å². The standard InChI is InChI=1S/C8H18N2/c1-7(2)8-9(3)5-6-10(8)4/h7-8H,5-6H2,1-4H3. The largest absolute Gasteiger partial charge is 0.289 e. The second-order valence-corrected chi connectivity index (χ2v) is 3.62. The molecule has 2 heteroatoms. The van der Waals surface area contributed by atoms with Crippen molar-refractivity contribution in [2.75, 3.05) is 27.2 Å². The van der Waals surface area contributed by atoms with Gasteiger partial charge in [0, 0.05) is 13.1 Å². The molecule has 0 unspecified atom stereocenters. The molecule has 1 fully saturated rings. The fourth-order valence-electron chi connectivity index (χ4n) is 1.93. The normalized spacial score (nSPS) is 24.9. The van der Waals surface area contributed by atoms with Crippen LogP contribution < -0.4 is 0 Å². The maximum atomic E-state index is 2.42. The second kappa shape index (κ2) is 2.89. The summed E-state index contributed by atoms with van der Waals surface area (Å²) in [5.41, 5.74) is 0. The zero-order valence-electron chi connectivity index (χ0n) is 7.46. The Morgan fingerprint density at radius 1 is 1.10 bits per heavy atom. The van der Waals surface area contributed by atoms with Gasteiger partial charge in [0.05, 0.1) is 6.17 Å². The smallest absolute Gasteiger partial charge is 0.0642 e. The zero-order chi connectivity index (χ0) is 7.72. The van der Waals surface area contributed by atoms with Gasteiger partial charge in [-0.2, -0.15) is 0 Å². The summed E-state index contributed by atoms with van der Waals surface area (Å²) < 4.78 is 0. The maximum Gasteiger partial charge on any atom is 0.0642 e. The van der Waals surface area contributed by atoms with Crippen LogP contribution in [0.3, 0.4) is 0 Å². The molecule has 0 aromatic rings. The molecule has 1 saturated heterocycles. The Morgan fingerprint density at radius 2 is 1.50 bits per heavy atom. The monoisotopic (exact) mass is 142 g/mol. The number of likely N-dealkylation sites (N-methyl/N-ethyl adjacent to an activating group) is 2. The average molecular weight is 142 g/mol. The van der Waals surface area contributed by atoms with E-state index in [-0.39, 0.29) is 0 Å². The summed E-state index contributed by atoms with van der Waals surface area (Å²) in [4.78, 5) is 4.84. The van der Waals surface area contributed by atoms with Crippen LogP contribution in [-0.4, -0.2) is 43.2 Å². The first kappa shape index (κ1) is 8.02. The van der Waals surface area contributed by atoms with E-state index >= 15 is 0 Å². The van der Waals surface area contributed by atoms with Gasteiger partial charge in [-0.25, -0.2) is 0 Å². The molecule has 1 aliphatic heterocycles. The lowest BCUT2D eigenvalue weighted by Crippen LogP contribution is -2.38. The second-order valence-electron chi connectivity index (χ2n) is 3.62. The van der Waals surface area contributed by atoms with Gasteiger partial charge in [0.1, 0.15) is 0 Å². The van der Waals surface area contributed by atoms with Crippen LogP contribution in [0.25, 0.3) is 0 Å². The highest BCUT2D eigenvalue weighted by molar-refractivity contribution is 4.78. The molecule has 0 atom stereocenters. The first-order chi connectivity index (χ1) is 4.63.